The molecule has 6 rings (SSSR count). The molecule has 0 spiro atoms. The Bertz CT molecular complexity index is 1710. The van der Waals surface area contributed by atoms with Crippen LogP contribution in [0.1, 0.15) is 106 Å². The van der Waals surface area contributed by atoms with Crippen molar-refractivity contribution in [3.8, 4) is 17.8 Å². The van der Waals surface area contributed by atoms with Gasteiger partial charge in [0.25, 0.3) is 0 Å². The number of hydrogen-bond acceptors (Lipinski definition) is 6. The highest BCUT2D eigenvalue weighted by atomic mass is 16.5. The van der Waals surface area contributed by atoms with Crippen LogP contribution in [-0.4, -0.2) is 26.0 Å². The predicted molar refractivity (Wildman–Crippen MR) is 174 cm³/mol. The lowest BCUT2D eigenvalue weighted by Crippen LogP contribution is -2.74. The van der Waals surface area contributed by atoms with Crippen molar-refractivity contribution in [2.75, 3.05) is 0 Å². The SMILES string of the molecule is CC(=O)O[C@H]1CC[C@]2(C)C3CC[C@]4(C)C([C@H](C)CCCC(C)C)CCC4[C@]3(C#N)n3c(=O)n(-c4ccccc4)c(=O)n3[C@]2(C#N)C1. The molecule has 0 radical (unpaired) electrons. The quantitative estimate of drug-likeness (QED) is 0.333. The first-order valence-corrected chi connectivity index (χ1v) is 17.4. The van der Waals surface area contributed by atoms with Crippen LogP contribution in [0.5, 0.6) is 0 Å². The summed E-state index contributed by atoms with van der Waals surface area (Å²) >= 11 is 0. The molecular weight excluding hydrogens is 578 g/mol. The Morgan fingerprint density at radius 1 is 0.935 bits per heavy atom. The number of para-hydroxylation sites is 1. The minimum atomic E-state index is -1.48. The Labute approximate surface area is 272 Å². The third-order valence-electron chi connectivity index (χ3n) is 13.2. The van der Waals surface area contributed by atoms with E-state index in [1.54, 1.807) is 24.3 Å². The van der Waals surface area contributed by atoms with Gasteiger partial charge in [-0.05, 0) is 73.8 Å². The third kappa shape index (κ3) is 4.26. The number of rotatable bonds is 7. The van der Waals surface area contributed by atoms with Gasteiger partial charge in [0, 0.05) is 30.6 Å². The van der Waals surface area contributed by atoms with E-state index in [0.717, 1.165) is 30.3 Å². The van der Waals surface area contributed by atoms with Crippen molar-refractivity contribution >= 4 is 5.97 Å². The molecule has 2 aromatic rings. The molecule has 46 heavy (non-hydrogen) atoms. The van der Waals surface area contributed by atoms with Gasteiger partial charge in [-0.3, -0.25) is 4.79 Å². The second-order valence-corrected chi connectivity index (χ2v) is 15.8. The first-order valence-electron chi connectivity index (χ1n) is 17.4. The Hall–Kier alpha value is -3.59. The van der Waals surface area contributed by atoms with Gasteiger partial charge in [-0.2, -0.15) is 10.5 Å². The van der Waals surface area contributed by atoms with E-state index in [0.29, 0.717) is 42.7 Å². The Morgan fingerprint density at radius 2 is 1.63 bits per heavy atom. The molecular formula is C37H49N5O4. The van der Waals surface area contributed by atoms with Gasteiger partial charge in [0.05, 0.1) is 17.8 Å². The second kappa shape index (κ2) is 11.3. The summed E-state index contributed by atoms with van der Waals surface area (Å²) in [6.07, 6.45) is 7.42. The second-order valence-electron chi connectivity index (χ2n) is 15.8. The van der Waals surface area contributed by atoms with E-state index in [2.05, 4.69) is 46.8 Å². The van der Waals surface area contributed by atoms with E-state index < -0.39 is 39.9 Å². The summed E-state index contributed by atoms with van der Waals surface area (Å²) in [6.45, 7) is 12.6. The van der Waals surface area contributed by atoms with Gasteiger partial charge in [0.1, 0.15) is 6.10 Å². The van der Waals surface area contributed by atoms with Crippen molar-refractivity contribution in [3.63, 3.8) is 0 Å². The van der Waals surface area contributed by atoms with Crippen LogP contribution in [-0.2, 0) is 20.6 Å². The molecule has 3 saturated carbocycles. The molecule has 246 valence electrons. The fourth-order valence-electron chi connectivity index (χ4n) is 11.1. The molecule has 0 amide bonds. The summed E-state index contributed by atoms with van der Waals surface area (Å²) in [7, 11) is 0. The Morgan fingerprint density at radius 3 is 2.26 bits per heavy atom. The summed E-state index contributed by atoms with van der Waals surface area (Å²) in [4.78, 5) is 41.6. The minimum absolute atomic E-state index is 0.0905. The predicted octanol–water partition coefficient (Wildman–Crippen LogP) is 6.28. The first-order chi connectivity index (χ1) is 21.8. The topological polar surface area (TPSA) is 123 Å². The Kier molecular flexibility index (Phi) is 7.94. The number of fused-ring (bicyclic) bond motifs is 8. The molecule has 1 aromatic carbocycles. The number of nitriles is 2. The smallest absolute Gasteiger partial charge is 0.353 e. The molecule has 3 fully saturated rings. The zero-order valence-corrected chi connectivity index (χ0v) is 28.3. The fraction of sp³-hybridized carbons (Fsp3) is 0.703. The summed E-state index contributed by atoms with van der Waals surface area (Å²) in [5, 5.41) is 22.8. The molecule has 1 aromatic heterocycles. The fourth-order valence-corrected chi connectivity index (χ4v) is 11.1. The third-order valence-corrected chi connectivity index (χ3v) is 13.2. The maximum atomic E-state index is 14.8. The summed E-state index contributed by atoms with van der Waals surface area (Å²) in [5.41, 5.74) is -4.59. The maximum Gasteiger partial charge on any atom is 0.353 e. The summed E-state index contributed by atoms with van der Waals surface area (Å²) in [5.74, 6) is 0.607. The normalized spacial score (nSPS) is 36.8. The number of ether oxygens (including phenoxy) is 1. The number of esters is 1. The summed E-state index contributed by atoms with van der Waals surface area (Å²) in [6, 6.07) is 14.1. The van der Waals surface area contributed by atoms with Crippen LogP contribution >= 0.6 is 0 Å². The highest BCUT2D eigenvalue weighted by molar-refractivity contribution is 5.66. The number of benzene rings is 1. The molecule has 9 atom stereocenters. The van der Waals surface area contributed by atoms with Crippen molar-refractivity contribution in [3.05, 3.63) is 51.3 Å². The van der Waals surface area contributed by atoms with E-state index in [1.807, 2.05) is 6.07 Å². The van der Waals surface area contributed by atoms with Crippen LogP contribution in [0.4, 0.5) is 0 Å². The average Bonchev–Trinajstić information content (AvgIpc) is 3.51. The van der Waals surface area contributed by atoms with Gasteiger partial charge in [0.2, 0.25) is 0 Å². The standard InChI is InChI=1S/C37H49N5O4/c1-24(2)11-10-12-25(3)29-15-16-30-34(29,5)19-18-31-35(6)20-17-28(46-26(4)43)21-36(35,22-38)41-32(44)40(27-13-8-7-9-14-27)33(45)42(41)37(30,31)23-39/h7-9,13-14,24-25,28-31H,10-12,15-21H2,1-6H3/t25-,28+,29?,30?,31?,34-,35-,36+,37+/m1/s1. The molecule has 0 bridgehead atoms. The lowest BCUT2D eigenvalue weighted by atomic mass is 9.43. The van der Waals surface area contributed by atoms with Crippen molar-refractivity contribution in [2.45, 2.75) is 123 Å². The highest BCUT2D eigenvalue weighted by Gasteiger charge is 2.75. The van der Waals surface area contributed by atoms with Gasteiger partial charge >= 0.3 is 17.3 Å². The van der Waals surface area contributed by atoms with Crippen molar-refractivity contribution in [1.29, 1.82) is 10.5 Å². The van der Waals surface area contributed by atoms with Gasteiger partial charge < -0.3 is 4.74 Å². The average molecular weight is 628 g/mol. The van der Waals surface area contributed by atoms with Crippen molar-refractivity contribution in [1.82, 2.24) is 13.9 Å². The lowest BCUT2D eigenvalue weighted by molar-refractivity contribution is -0.190. The maximum absolute atomic E-state index is 14.8. The van der Waals surface area contributed by atoms with Gasteiger partial charge in [-0.15, -0.1) is 0 Å². The van der Waals surface area contributed by atoms with E-state index in [-0.39, 0.29) is 23.7 Å². The molecule has 3 unspecified atom stereocenters. The summed E-state index contributed by atoms with van der Waals surface area (Å²) < 4.78 is 9.64. The Balaban J connectivity index is 1.59. The number of carbonyl (C=O) groups is 1. The first kappa shape index (κ1) is 32.4. The van der Waals surface area contributed by atoms with Gasteiger partial charge in [-0.25, -0.2) is 23.5 Å². The number of aromatic nitrogens is 3. The van der Waals surface area contributed by atoms with Crippen LogP contribution < -0.4 is 11.4 Å². The molecule has 2 heterocycles. The van der Waals surface area contributed by atoms with E-state index in [4.69, 9.17) is 4.74 Å². The molecule has 3 aliphatic carbocycles. The van der Waals surface area contributed by atoms with E-state index in [9.17, 15) is 24.9 Å². The highest BCUT2D eigenvalue weighted by Crippen LogP contribution is 2.71. The van der Waals surface area contributed by atoms with Crippen molar-refractivity contribution in [2.24, 2.45) is 40.4 Å². The zero-order chi connectivity index (χ0) is 33.2. The van der Waals surface area contributed by atoms with Crippen LogP contribution in [0.15, 0.2) is 39.9 Å². The van der Waals surface area contributed by atoms with Gasteiger partial charge in [-0.1, -0.05) is 72.1 Å². The largest absolute Gasteiger partial charge is 0.462 e. The molecule has 0 saturated heterocycles. The van der Waals surface area contributed by atoms with E-state index in [1.165, 1.54) is 29.1 Å². The van der Waals surface area contributed by atoms with E-state index >= 15 is 0 Å². The monoisotopic (exact) mass is 627 g/mol. The van der Waals surface area contributed by atoms with Crippen LogP contribution in [0.25, 0.3) is 5.69 Å². The van der Waals surface area contributed by atoms with Crippen LogP contribution in [0.3, 0.4) is 0 Å². The molecule has 9 nitrogen and oxygen atoms in total. The van der Waals surface area contributed by atoms with Gasteiger partial charge in [0.15, 0.2) is 11.1 Å². The van der Waals surface area contributed by atoms with Crippen LogP contribution in [0.2, 0.25) is 0 Å². The molecule has 4 aliphatic rings. The number of carbonyl (C=O) groups excluding carboxylic acids is 1. The zero-order valence-electron chi connectivity index (χ0n) is 28.3. The molecule has 9 heteroatoms. The number of nitrogens with zero attached hydrogens (tertiary/aromatic N) is 5. The number of hydrogen-bond donors (Lipinski definition) is 0. The van der Waals surface area contributed by atoms with Crippen LogP contribution in [0, 0.1) is 63.1 Å². The lowest BCUT2D eigenvalue weighted by Gasteiger charge is -2.66. The van der Waals surface area contributed by atoms with Crippen molar-refractivity contribution < 1.29 is 9.53 Å². The minimum Gasteiger partial charge on any atom is -0.462 e. The molecule has 0 N–H and O–H groups in total. The molecule has 1 aliphatic heterocycles.